The number of fused-ring (bicyclic) bond motifs is 1. The van der Waals surface area contributed by atoms with Crippen LogP contribution in [0.25, 0.3) is 0 Å². The number of anilines is 3. The monoisotopic (exact) mass is 421 g/mol. The predicted octanol–water partition coefficient (Wildman–Crippen LogP) is 3.22. The number of likely N-dealkylation sites (N-methyl/N-ethyl adjacent to an activating group) is 1. The van der Waals surface area contributed by atoms with E-state index in [0.29, 0.717) is 30.3 Å². The minimum absolute atomic E-state index is 0.0188. The van der Waals surface area contributed by atoms with Gasteiger partial charge >= 0.3 is 0 Å². The highest BCUT2D eigenvalue weighted by molar-refractivity contribution is 6.02. The van der Waals surface area contributed by atoms with Crippen LogP contribution in [0.4, 0.5) is 30.6 Å². The van der Waals surface area contributed by atoms with Crippen molar-refractivity contribution >= 4 is 23.4 Å². The SMILES string of the molecule is C[C@H]1C(=O)Nc2cnc(N[C@H]3C[C@@](C)(OCc4cc(F)c(F)c(F)c4)C3)nc2N1C. The van der Waals surface area contributed by atoms with Gasteiger partial charge in [0.15, 0.2) is 23.3 Å². The van der Waals surface area contributed by atoms with E-state index in [1.807, 2.05) is 6.92 Å². The molecular weight excluding hydrogens is 399 g/mol. The number of aromatic nitrogens is 2. The highest BCUT2D eigenvalue weighted by Crippen LogP contribution is 2.38. The largest absolute Gasteiger partial charge is 0.370 e. The molecule has 0 saturated heterocycles. The molecule has 1 aliphatic carbocycles. The normalized spacial score (nSPS) is 25.4. The summed E-state index contributed by atoms with van der Waals surface area (Å²) in [6, 6.07) is 1.61. The number of halogens is 3. The van der Waals surface area contributed by atoms with Crippen LogP contribution in [0.5, 0.6) is 0 Å². The average molecular weight is 421 g/mol. The standard InChI is InChI=1S/C20H22F3N5O2/c1-10-18(29)26-15-8-24-19(27-17(15)28(10)3)25-12-6-20(2,7-12)30-9-11-4-13(21)16(23)14(22)5-11/h4-5,8,10,12H,6-7,9H2,1-3H3,(H,26,29)(H,24,25,27)/t10-,12-,20+/m0/s1. The molecule has 1 amide bonds. The maximum Gasteiger partial charge on any atom is 0.246 e. The van der Waals surface area contributed by atoms with Crippen molar-refractivity contribution in [3.63, 3.8) is 0 Å². The van der Waals surface area contributed by atoms with E-state index in [2.05, 4.69) is 20.6 Å². The van der Waals surface area contributed by atoms with Gasteiger partial charge in [-0.25, -0.2) is 18.2 Å². The molecule has 0 bridgehead atoms. The number of rotatable bonds is 5. The zero-order valence-electron chi connectivity index (χ0n) is 16.8. The topological polar surface area (TPSA) is 79.4 Å². The summed E-state index contributed by atoms with van der Waals surface area (Å²) in [4.78, 5) is 22.4. The van der Waals surface area contributed by atoms with Crippen molar-refractivity contribution in [1.82, 2.24) is 9.97 Å². The van der Waals surface area contributed by atoms with Crippen molar-refractivity contribution in [1.29, 1.82) is 0 Å². The lowest BCUT2D eigenvalue weighted by Gasteiger charge is -2.45. The van der Waals surface area contributed by atoms with Gasteiger partial charge in [-0.15, -0.1) is 0 Å². The summed E-state index contributed by atoms with van der Waals surface area (Å²) in [5.74, 6) is -2.97. The van der Waals surface area contributed by atoms with Gasteiger partial charge < -0.3 is 20.3 Å². The van der Waals surface area contributed by atoms with Gasteiger partial charge in [0.2, 0.25) is 11.9 Å². The first kappa shape index (κ1) is 20.4. The van der Waals surface area contributed by atoms with Gasteiger partial charge in [-0.05, 0) is 44.4 Å². The Morgan fingerprint density at radius 3 is 2.63 bits per heavy atom. The molecule has 0 spiro atoms. The van der Waals surface area contributed by atoms with Crippen LogP contribution >= 0.6 is 0 Å². The molecule has 0 unspecified atom stereocenters. The Labute approximate surface area is 171 Å². The number of carbonyl (C=O) groups is 1. The summed E-state index contributed by atoms with van der Waals surface area (Å²) in [7, 11) is 1.80. The first-order chi connectivity index (χ1) is 14.1. The fourth-order valence-electron chi connectivity index (χ4n) is 3.73. The number of ether oxygens (including phenoxy) is 1. The van der Waals surface area contributed by atoms with Crippen LogP contribution < -0.4 is 15.5 Å². The molecule has 2 N–H and O–H groups in total. The van der Waals surface area contributed by atoms with Crippen LogP contribution in [0.1, 0.15) is 32.3 Å². The van der Waals surface area contributed by atoms with Crippen LogP contribution in [0.15, 0.2) is 18.3 Å². The molecule has 2 aliphatic rings. The Kier molecular flexibility index (Phi) is 5.05. The second kappa shape index (κ2) is 7.42. The summed E-state index contributed by atoms with van der Waals surface area (Å²) >= 11 is 0. The Morgan fingerprint density at radius 1 is 1.30 bits per heavy atom. The van der Waals surface area contributed by atoms with E-state index in [4.69, 9.17) is 4.74 Å². The van der Waals surface area contributed by atoms with Crippen molar-refractivity contribution in [3.8, 4) is 0 Å². The summed E-state index contributed by atoms with van der Waals surface area (Å²) < 4.78 is 45.5. The lowest BCUT2D eigenvalue weighted by atomic mass is 9.77. The van der Waals surface area contributed by atoms with Crippen LogP contribution in [-0.4, -0.2) is 40.6 Å². The number of benzene rings is 1. The van der Waals surface area contributed by atoms with Gasteiger partial charge in [-0.1, -0.05) is 0 Å². The van der Waals surface area contributed by atoms with E-state index in [0.717, 1.165) is 12.1 Å². The van der Waals surface area contributed by atoms with Crippen molar-refractivity contribution in [3.05, 3.63) is 41.3 Å². The second-order valence-electron chi connectivity index (χ2n) is 8.07. The number of nitrogens with zero attached hydrogens (tertiary/aromatic N) is 3. The molecule has 10 heteroatoms. The van der Waals surface area contributed by atoms with E-state index in [-0.39, 0.29) is 30.2 Å². The fourth-order valence-corrected chi connectivity index (χ4v) is 3.73. The van der Waals surface area contributed by atoms with E-state index in [1.54, 1.807) is 25.1 Å². The molecule has 0 radical (unpaired) electrons. The molecule has 1 aliphatic heterocycles. The van der Waals surface area contributed by atoms with Crippen LogP contribution in [0, 0.1) is 17.5 Å². The first-order valence-electron chi connectivity index (χ1n) is 9.60. The average Bonchev–Trinajstić information content (AvgIpc) is 2.68. The first-order valence-corrected chi connectivity index (χ1v) is 9.60. The zero-order valence-corrected chi connectivity index (χ0v) is 16.8. The maximum atomic E-state index is 13.3. The molecule has 1 fully saturated rings. The van der Waals surface area contributed by atoms with Gasteiger partial charge in [0.05, 0.1) is 18.4 Å². The number of carbonyl (C=O) groups excluding carboxylic acids is 1. The van der Waals surface area contributed by atoms with Gasteiger partial charge in [0.25, 0.3) is 0 Å². The van der Waals surface area contributed by atoms with Crippen LogP contribution in [0.2, 0.25) is 0 Å². The highest BCUT2D eigenvalue weighted by Gasteiger charge is 2.42. The van der Waals surface area contributed by atoms with Crippen molar-refractivity contribution < 1.29 is 22.7 Å². The Bertz CT molecular complexity index is 973. The number of amides is 1. The Balaban J connectivity index is 1.34. The number of hydrogen-bond acceptors (Lipinski definition) is 6. The molecule has 30 heavy (non-hydrogen) atoms. The molecule has 2 heterocycles. The molecule has 1 aromatic carbocycles. The van der Waals surface area contributed by atoms with Crippen LogP contribution in [0.3, 0.4) is 0 Å². The Hall–Kier alpha value is -2.88. The third kappa shape index (κ3) is 3.79. The maximum absolute atomic E-state index is 13.3. The summed E-state index contributed by atoms with van der Waals surface area (Å²) in [5.41, 5.74) is 0.319. The Morgan fingerprint density at radius 2 is 1.97 bits per heavy atom. The zero-order chi connectivity index (χ0) is 21.6. The third-order valence-electron chi connectivity index (χ3n) is 5.64. The lowest BCUT2D eigenvalue weighted by Crippen LogP contribution is -2.50. The van der Waals surface area contributed by atoms with Crippen molar-refractivity contribution in [2.24, 2.45) is 0 Å². The van der Waals surface area contributed by atoms with E-state index < -0.39 is 23.1 Å². The van der Waals surface area contributed by atoms with Crippen LogP contribution in [-0.2, 0) is 16.1 Å². The molecular formula is C20H22F3N5O2. The molecule has 160 valence electrons. The van der Waals surface area contributed by atoms with E-state index in [1.165, 1.54) is 0 Å². The van der Waals surface area contributed by atoms with Crippen molar-refractivity contribution in [2.75, 3.05) is 22.6 Å². The summed E-state index contributed by atoms with van der Waals surface area (Å²) in [6.07, 6.45) is 2.85. The second-order valence-corrected chi connectivity index (χ2v) is 8.07. The van der Waals surface area contributed by atoms with E-state index >= 15 is 0 Å². The third-order valence-corrected chi connectivity index (χ3v) is 5.64. The molecule has 1 saturated carbocycles. The lowest BCUT2D eigenvalue weighted by molar-refractivity contribution is -0.117. The molecule has 7 nitrogen and oxygen atoms in total. The van der Waals surface area contributed by atoms with E-state index in [9.17, 15) is 18.0 Å². The van der Waals surface area contributed by atoms with Crippen molar-refractivity contribution in [2.45, 2.75) is 51.0 Å². The minimum atomic E-state index is -1.48. The summed E-state index contributed by atoms with van der Waals surface area (Å²) in [5, 5.41) is 6.02. The number of hydrogen-bond donors (Lipinski definition) is 2. The predicted molar refractivity (Wildman–Crippen MR) is 105 cm³/mol. The molecule has 1 atom stereocenters. The van der Waals surface area contributed by atoms with Gasteiger partial charge in [0, 0.05) is 13.1 Å². The highest BCUT2D eigenvalue weighted by atomic mass is 19.2. The molecule has 1 aromatic heterocycles. The van der Waals surface area contributed by atoms with Gasteiger partial charge in [-0.2, -0.15) is 4.98 Å². The fraction of sp³-hybridized carbons (Fsp3) is 0.450. The minimum Gasteiger partial charge on any atom is -0.370 e. The molecule has 2 aromatic rings. The molecule has 4 rings (SSSR count). The summed E-state index contributed by atoms with van der Waals surface area (Å²) in [6.45, 7) is 3.68. The number of nitrogens with one attached hydrogen (secondary N) is 2. The van der Waals surface area contributed by atoms with Gasteiger partial charge in [0.1, 0.15) is 11.7 Å². The van der Waals surface area contributed by atoms with Gasteiger partial charge in [-0.3, -0.25) is 4.79 Å². The smallest absolute Gasteiger partial charge is 0.246 e. The quantitative estimate of drug-likeness (QED) is 0.722.